The van der Waals surface area contributed by atoms with Gasteiger partial charge in [-0.15, -0.1) is 0 Å². The average Bonchev–Trinajstić information content (AvgIpc) is 2.47. The van der Waals surface area contributed by atoms with E-state index in [-0.39, 0.29) is 5.56 Å². The fourth-order valence-corrected chi connectivity index (χ4v) is 2.31. The third kappa shape index (κ3) is 1.71. The van der Waals surface area contributed by atoms with Gasteiger partial charge in [0.25, 0.3) is 5.56 Å². The number of pyridine rings is 1. The number of benzene rings is 2. The van der Waals surface area contributed by atoms with E-state index in [1.54, 1.807) is 6.07 Å². The molecule has 0 fully saturated rings. The summed E-state index contributed by atoms with van der Waals surface area (Å²) in [6, 6.07) is 17.1. The van der Waals surface area contributed by atoms with E-state index in [1.165, 1.54) is 16.8 Å². The Morgan fingerprint density at radius 2 is 1.58 bits per heavy atom. The summed E-state index contributed by atoms with van der Waals surface area (Å²) in [5, 5.41) is 11.2. The van der Waals surface area contributed by atoms with Crippen LogP contribution in [0.4, 0.5) is 0 Å². The Morgan fingerprint density at radius 1 is 0.947 bits per heavy atom. The summed E-state index contributed by atoms with van der Waals surface area (Å²) in [4.78, 5) is 12.5. The Bertz CT molecular complexity index is 898. The minimum atomic E-state index is -0.110. The third-order valence-electron chi connectivity index (χ3n) is 3.13. The Hall–Kier alpha value is -2.86. The molecule has 1 heterocycles. The molecule has 0 aliphatic rings. The first-order valence-corrected chi connectivity index (χ1v) is 5.91. The molecule has 0 saturated heterocycles. The molecule has 0 N–H and O–H groups in total. The predicted octanol–water partition coefficient (Wildman–Crippen LogP) is 3.15. The first-order valence-electron chi connectivity index (χ1n) is 5.91. The predicted molar refractivity (Wildman–Crippen MR) is 76.7 cm³/mol. The van der Waals surface area contributed by atoms with Crippen LogP contribution in [0.15, 0.2) is 59.4 Å². The summed E-state index contributed by atoms with van der Waals surface area (Å²) in [6.07, 6.45) is 2.82. The van der Waals surface area contributed by atoms with E-state index in [9.17, 15) is 4.79 Å². The van der Waals surface area contributed by atoms with E-state index in [2.05, 4.69) is 0 Å². The second kappa shape index (κ2) is 4.43. The molecule has 0 unspecified atom stereocenters. The largest absolute Gasteiger partial charge is 0.282 e. The van der Waals surface area contributed by atoms with Crippen LogP contribution in [0.5, 0.6) is 0 Å². The van der Waals surface area contributed by atoms with Crippen molar-refractivity contribution < 1.29 is 0 Å². The molecule has 3 nitrogen and oxygen atoms in total. The molecule has 19 heavy (non-hydrogen) atoms. The summed E-state index contributed by atoms with van der Waals surface area (Å²) in [6.45, 7) is 0. The quantitative estimate of drug-likeness (QED) is 0.489. The number of hydrogen-bond acceptors (Lipinski definition) is 2. The maximum Gasteiger partial charge on any atom is 0.263 e. The van der Waals surface area contributed by atoms with Gasteiger partial charge in [0.2, 0.25) is 0 Å². The van der Waals surface area contributed by atoms with Gasteiger partial charge >= 0.3 is 0 Å². The van der Waals surface area contributed by atoms with Crippen molar-refractivity contribution in [2.24, 2.45) is 0 Å². The number of allylic oxidation sites excluding steroid dienone is 1. The molecule has 0 aliphatic heterocycles. The van der Waals surface area contributed by atoms with Crippen molar-refractivity contribution in [1.82, 2.24) is 4.57 Å². The van der Waals surface area contributed by atoms with Gasteiger partial charge in [-0.2, -0.15) is 5.26 Å². The first kappa shape index (κ1) is 11.2. The number of rotatable bonds is 1. The molecule has 0 atom stereocenters. The molecular weight excluding hydrogens is 236 g/mol. The topological polar surface area (TPSA) is 45.8 Å². The van der Waals surface area contributed by atoms with Crippen LogP contribution in [0.3, 0.4) is 0 Å². The van der Waals surface area contributed by atoms with Gasteiger partial charge in [0, 0.05) is 23.0 Å². The summed E-state index contributed by atoms with van der Waals surface area (Å²) in [5.41, 5.74) is 0.693. The molecule has 0 saturated carbocycles. The van der Waals surface area contributed by atoms with Gasteiger partial charge in [0.1, 0.15) is 0 Å². The Kier molecular flexibility index (Phi) is 2.62. The number of nitriles is 1. The van der Waals surface area contributed by atoms with Crippen molar-refractivity contribution in [2.75, 3.05) is 0 Å². The van der Waals surface area contributed by atoms with Gasteiger partial charge in [0.05, 0.1) is 11.6 Å². The molecule has 3 aromatic rings. The summed E-state index contributed by atoms with van der Waals surface area (Å²) >= 11 is 0. The van der Waals surface area contributed by atoms with Crippen molar-refractivity contribution >= 4 is 27.9 Å². The lowest BCUT2D eigenvalue weighted by molar-refractivity contribution is 1.14. The van der Waals surface area contributed by atoms with Crippen LogP contribution in [-0.2, 0) is 0 Å². The molecule has 1 aromatic heterocycles. The number of nitrogens with zero attached hydrogens (tertiary/aromatic N) is 2. The molecule has 0 aliphatic carbocycles. The first-order chi connectivity index (χ1) is 9.33. The Morgan fingerprint density at radius 3 is 2.32 bits per heavy atom. The highest BCUT2D eigenvalue weighted by Crippen LogP contribution is 2.22. The fourth-order valence-electron chi connectivity index (χ4n) is 2.31. The van der Waals surface area contributed by atoms with E-state index in [0.29, 0.717) is 5.39 Å². The monoisotopic (exact) mass is 246 g/mol. The van der Waals surface area contributed by atoms with E-state index in [4.69, 9.17) is 5.26 Å². The minimum absolute atomic E-state index is 0.110. The van der Waals surface area contributed by atoms with Crippen LogP contribution in [0, 0.1) is 11.3 Å². The number of hydrogen-bond donors (Lipinski definition) is 0. The molecule has 2 aromatic carbocycles. The highest BCUT2D eigenvalue weighted by Gasteiger charge is 2.07. The molecule has 0 radical (unpaired) electrons. The molecular formula is C16H10N2O. The molecule has 0 amide bonds. The van der Waals surface area contributed by atoms with E-state index in [0.717, 1.165) is 16.3 Å². The lowest BCUT2D eigenvalue weighted by Gasteiger charge is -2.08. The van der Waals surface area contributed by atoms with Crippen molar-refractivity contribution in [3.63, 3.8) is 0 Å². The van der Waals surface area contributed by atoms with Crippen LogP contribution in [0.2, 0.25) is 0 Å². The second-order valence-corrected chi connectivity index (χ2v) is 4.18. The second-order valence-electron chi connectivity index (χ2n) is 4.18. The van der Waals surface area contributed by atoms with Crippen LogP contribution >= 0.6 is 0 Å². The van der Waals surface area contributed by atoms with E-state index < -0.39 is 0 Å². The number of aromatic nitrogens is 1. The molecule has 0 spiro atoms. The summed E-state index contributed by atoms with van der Waals surface area (Å²) < 4.78 is 1.51. The summed E-state index contributed by atoms with van der Waals surface area (Å²) in [5.74, 6) is 0. The smallest absolute Gasteiger partial charge is 0.263 e. The molecule has 3 heteroatoms. The van der Waals surface area contributed by atoms with Gasteiger partial charge in [0.15, 0.2) is 0 Å². The fraction of sp³-hybridized carbons (Fsp3) is 0. The third-order valence-corrected chi connectivity index (χ3v) is 3.13. The molecule has 90 valence electrons. The Balaban J connectivity index is 2.60. The number of para-hydroxylation sites is 1. The normalized spacial score (nSPS) is 11.1. The van der Waals surface area contributed by atoms with Gasteiger partial charge in [-0.1, -0.05) is 36.4 Å². The van der Waals surface area contributed by atoms with Crippen molar-refractivity contribution in [3.05, 3.63) is 65.0 Å². The zero-order valence-corrected chi connectivity index (χ0v) is 10.1. The lowest BCUT2D eigenvalue weighted by atomic mass is 10.1. The van der Waals surface area contributed by atoms with Gasteiger partial charge in [-0.05, 0) is 17.5 Å². The summed E-state index contributed by atoms with van der Waals surface area (Å²) in [7, 11) is 0. The van der Waals surface area contributed by atoms with Crippen LogP contribution in [0.1, 0.15) is 0 Å². The zero-order valence-electron chi connectivity index (χ0n) is 10.1. The lowest BCUT2D eigenvalue weighted by Crippen LogP contribution is -2.16. The number of fused-ring (bicyclic) bond motifs is 3. The maximum atomic E-state index is 12.5. The van der Waals surface area contributed by atoms with E-state index >= 15 is 0 Å². The van der Waals surface area contributed by atoms with E-state index in [1.807, 2.05) is 48.5 Å². The zero-order chi connectivity index (χ0) is 13.2. The highest BCUT2D eigenvalue weighted by atomic mass is 16.1. The van der Waals surface area contributed by atoms with Crippen molar-refractivity contribution in [2.45, 2.75) is 0 Å². The van der Waals surface area contributed by atoms with Crippen molar-refractivity contribution in [3.8, 4) is 6.07 Å². The van der Waals surface area contributed by atoms with Gasteiger partial charge in [-0.25, -0.2) is 0 Å². The van der Waals surface area contributed by atoms with Gasteiger partial charge < -0.3 is 0 Å². The average molecular weight is 246 g/mol. The van der Waals surface area contributed by atoms with Crippen LogP contribution in [-0.4, -0.2) is 4.57 Å². The Labute approximate surface area is 109 Å². The molecule has 0 bridgehead atoms. The standard InChI is InChI=1S/C16H10N2O/c17-10-5-11-18-15-9-4-3-7-13(15)12-6-1-2-8-14(12)16(18)19/h1-9,11H/b11-5+. The highest BCUT2D eigenvalue weighted by molar-refractivity contribution is 6.06. The van der Waals surface area contributed by atoms with Gasteiger partial charge in [-0.3, -0.25) is 9.36 Å². The SMILES string of the molecule is N#C/C=C/n1c(=O)c2ccccc2c2ccccc21. The van der Waals surface area contributed by atoms with Crippen molar-refractivity contribution in [1.29, 1.82) is 5.26 Å². The minimum Gasteiger partial charge on any atom is -0.282 e. The maximum absolute atomic E-state index is 12.5. The van der Waals surface area contributed by atoms with Crippen LogP contribution in [0.25, 0.3) is 27.9 Å². The van der Waals surface area contributed by atoms with Crippen LogP contribution < -0.4 is 5.56 Å². The molecule has 3 rings (SSSR count).